The number of hydrogen-bond donors (Lipinski definition) is 1. The van der Waals surface area contributed by atoms with E-state index >= 15 is 0 Å². The van der Waals surface area contributed by atoms with E-state index < -0.39 is 12.8 Å². The summed E-state index contributed by atoms with van der Waals surface area (Å²) in [6.07, 6.45) is -4.35. The highest BCUT2D eigenvalue weighted by molar-refractivity contribution is 9.10. The second kappa shape index (κ2) is 7.72. The lowest BCUT2D eigenvalue weighted by Crippen LogP contribution is -2.22. The second-order valence-electron chi connectivity index (χ2n) is 3.80. The Hall–Kier alpha value is -0.790. The fourth-order valence-electron chi connectivity index (χ4n) is 1.41. The van der Waals surface area contributed by atoms with Gasteiger partial charge in [0.25, 0.3) is 0 Å². The van der Waals surface area contributed by atoms with Crippen LogP contribution in [0.25, 0.3) is 0 Å². The summed E-state index contributed by atoms with van der Waals surface area (Å²) >= 11 is 3.19. The van der Waals surface area contributed by atoms with Crippen LogP contribution in [0.15, 0.2) is 22.7 Å². The molecule has 0 amide bonds. The molecule has 1 aromatic rings. The first-order valence-electron chi connectivity index (χ1n) is 5.60. The van der Waals surface area contributed by atoms with E-state index in [1.165, 1.54) is 0 Å². The highest BCUT2D eigenvalue weighted by Crippen LogP contribution is 2.30. The molecule has 108 valence electrons. The number of ether oxygens (including phenoxy) is 2. The van der Waals surface area contributed by atoms with E-state index in [0.717, 1.165) is 0 Å². The summed E-state index contributed by atoms with van der Waals surface area (Å²) in [6, 6.07) is 5.11. The van der Waals surface area contributed by atoms with Crippen molar-refractivity contribution in [1.29, 1.82) is 0 Å². The van der Waals surface area contributed by atoms with E-state index in [1.807, 2.05) is 0 Å². The molecule has 0 fully saturated rings. The molecule has 0 heterocycles. The van der Waals surface area contributed by atoms with Crippen LogP contribution in [0, 0.1) is 0 Å². The van der Waals surface area contributed by atoms with Gasteiger partial charge in [-0.25, -0.2) is 0 Å². The van der Waals surface area contributed by atoms with Crippen molar-refractivity contribution >= 4 is 15.9 Å². The smallest absolute Gasteiger partial charge is 0.422 e. The van der Waals surface area contributed by atoms with Crippen molar-refractivity contribution in [3.05, 3.63) is 28.2 Å². The lowest BCUT2D eigenvalue weighted by molar-refractivity contribution is -0.153. The molecule has 0 atom stereocenters. The summed E-state index contributed by atoms with van der Waals surface area (Å²) in [6.45, 7) is 0.255. The monoisotopic (exact) mass is 341 g/mol. The molecule has 19 heavy (non-hydrogen) atoms. The molecule has 0 spiro atoms. The molecule has 0 saturated carbocycles. The van der Waals surface area contributed by atoms with Gasteiger partial charge in [-0.1, -0.05) is 12.1 Å². The Balaban J connectivity index is 2.66. The first-order valence-corrected chi connectivity index (χ1v) is 6.40. The van der Waals surface area contributed by atoms with Crippen molar-refractivity contribution in [2.75, 3.05) is 26.9 Å². The standard InChI is InChI=1S/C12H15BrF3NO2/c1-18-6-5-17-7-9-3-2-4-10(13)11(9)19-8-12(14,15)16/h2-4,17H,5-8H2,1H3. The Morgan fingerprint density at radius 1 is 1.32 bits per heavy atom. The highest BCUT2D eigenvalue weighted by Gasteiger charge is 2.29. The Labute approximate surface area is 118 Å². The van der Waals surface area contributed by atoms with Gasteiger partial charge in [-0.15, -0.1) is 0 Å². The Kier molecular flexibility index (Phi) is 6.60. The second-order valence-corrected chi connectivity index (χ2v) is 4.66. The molecule has 0 aromatic heterocycles. The van der Waals surface area contributed by atoms with Crippen molar-refractivity contribution in [1.82, 2.24) is 5.32 Å². The molecular weight excluding hydrogens is 327 g/mol. The number of nitrogens with one attached hydrogen (secondary N) is 1. The van der Waals surface area contributed by atoms with Gasteiger partial charge in [0.2, 0.25) is 0 Å². The molecule has 0 unspecified atom stereocenters. The topological polar surface area (TPSA) is 30.5 Å². The van der Waals surface area contributed by atoms with Crippen LogP contribution in [0.2, 0.25) is 0 Å². The molecule has 0 aliphatic carbocycles. The lowest BCUT2D eigenvalue weighted by atomic mass is 10.2. The van der Waals surface area contributed by atoms with E-state index in [2.05, 4.69) is 21.2 Å². The normalized spacial score (nSPS) is 11.6. The summed E-state index contributed by atoms with van der Waals surface area (Å²) in [5.41, 5.74) is 0.662. The quantitative estimate of drug-likeness (QED) is 0.773. The molecule has 0 saturated heterocycles. The zero-order valence-corrected chi connectivity index (χ0v) is 12.0. The van der Waals surface area contributed by atoms with Crippen LogP contribution < -0.4 is 10.1 Å². The maximum absolute atomic E-state index is 12.2. The van der Waals surface area contributed by atoms with Crippen molar-refractivity contribution in [2.24, 2.45) is 0 Å². The molecule has 1 aromatic carbocycles. The summed E-state index contributed by atoms with van der Waals surface area (Å²) < 4.78 is 46.8. The number of alkyl halides is 3. The van der Waals surface area contributed by atoms with Gasteiger partial charge in [0.1, 0.15) is 5.75 Å². The van der Waals surface area contributed by atoms with Crippen LogP contribution in [0.5, 0.6) is 5.75 Å². The first-order chi connectivity index (χ1) is 8.94. The number of rotatable bonds is 7. The van der Waals surface area contributed by atoms with Crippen molar-refractivity contribution in [3.63, 3.8) is 0 Å². The molecule has 1 N–H and O–H groups in total. The van der Waals surface area contributed by atoms with E-state index in [-0.39, 0.29) is 5.75 Å². The maximum Gasteiger partial charge on any atom is 0.422 e. The van der Waals surface area contributed by atoms with E-state index in [0.29, 0.717) is 29.7 Å². The SMILES string of the molecule is COCCNCc1cccc(Br)c1OCC(F)(F)F. The molecule has 1 rings (SSSR count). The highest BCUT2D eigenvalue weighted by atomic mass is 79.9. The lowest BCUT2D eigenvalue weighted by Gasteiger charge is -2.15. The van der Waals surface area contributed by atoms with Gasteiger partial charge in [-0.2, -0.15) is 13.2 Å². The number of halogens is 4. The minimum atomic E-state index is -4.35. The van der Waals surface area contributed by atoms with Crippen LogP contribution in [0.1, 0.15) is 5.56 Å². The van der Waals surface area contributed by atoms with Gasteiger partial charge in [-0.05, 0) is 22.0 Å². The third-order valence-corrected chi connectivity index (χ3v) is 2.85. The van der Waals surface area contributed by atoms with Crippen LogP contribution in [-0.2, 0) is 11.3 Å². The van der Waals surface area contributed by atoms with E-state index in [9.17, 15) is 13.2 Å². The van der Waals surface area contributed by atoms with Crippen LogP contribution in [-0.4, -0.2) is 33.0 Å². The van der Waals surface area contributed by atoms with Crippen molar-refractivity contribution in [2.45, 2.75) is 12.7 Å². The number of para-hydroxylation sites is 1. The van der Waals surface area contributed by atoms with Crippen molar-refractivity contribution in [3.8, 4) is 5.75 Å². The minimum absolute atomic E-state index is 0.213. The summed E-state index contributed by atoms with van der Waals surface area (Å²) in [5, 5.41) is 3.06. The molecule has 7 heteroatoms. The average molecular weight is 342 g/mol. The predicted molar refractivity (Wildman–Crippen MR) is 69.3 cm³/mol. The minimum Gasteiger partial charge on any atom is -0.483 e. The molecule has 0 bridgehead atoms. The van der Waals surface area contributed by atoms with Crippen LogP contribution in [0.3, 0.4) is 0 Å². The van der Waals surface area contributed by atoms with Crippen molar-refractivity contribution < 1.29 is 22.6 Å². The summed E-state index contributed by atoms with van der Waals surface area (Å²) in [5.74, 6) is 0.213. The largest absolute Gasteiger partial charge is 0.483 e. The summed E-state index contributed by atoms with van der Waals surface area (Å²) in [4.78, 5) is 0. The average Bonchev–Trinajstić information content (AvgIpc) is 2.32. The van der Waals surface area contributed by atoms with E-state index in [1.54, 1.807) is 25.3 Å². The van der Waals surface area contributed by atoms with Crippen LogP contribution in [0.4, 0.5) is 13.2 Å². The van der Waals surface area contributed by atoms with Gasteiger partial charge in [0.15, 0.2) is 6.61 Å². The molecule has 3 nitrogen and oxygen atoms in total. The van der Waals surface area contributed by atoms with Gasteiger partial charge in [-0.3, -0.25) is 0 Å². The predicted octanol–water partition coefficient (Wildman–Crippen LogP) is 3.13. The van der Waals surface area contributed by atoms with E-state index in [4.69, 9.17) is 9.47 Å². The third kappa shape index (κ3) is 6.26. The Bertz CT molecular complexity index is 399. The first kappa shape index (κ1) is 16.3. The van der Waals surface area contributed by atoms with Crippen LogP contribution >= 0.6 is 15.9 Å². The molecule has 0 aliphatic heterocycles. The molecule has 0 aliphatic rings. The van der Waals surface area contributed by atoms with Gasteiger partial charge >= 0.3 is 6.18 Å². The third-order valence-electron chi connectivity index (χ3n) is 2.23. The fraction of sp³-hybridized carbons (Fsp3) is 0.500. The Morgan fingerprint density at radius 2 is 2.05 bits per heavy atom. The zero-order chi connectivity index (χ0) is 14.3. The number of methoxy groups -OCH3 is 1. The number of benzene rings is 1. The van der Waals surface area contributed by atoms with Gasteiger partial charge < -0.3 is 14.8 Å². The zero-order valence-electron chi connectivity index (χ0n) is 10.4. The number of hydrogen-bond acceptors (Lipinski definition) is 3. The summed E-state index contributed by atoms with van der Waals surface area (Å²) in [7, 11) is 1.58. The Morgan fingerprint density at radius 3 is 2.68 bits per heavy atom. The van der Waals surface area contributed by atoms with Gasteiger partial charge in [0.05, 0.1) is 11.1 Å². The fourth-order valence-corrected chi connectivity index (χ4v) is 1.93. The van der Waals surface area contributed by atoms with Gasteiger partial charge in [0, 0.05) is 25.8 Å². The molecular formula is C12H15BrF3NO2. The molecule has 0 radical (unpaired) electrons. The maximum atomic E-state index is 12.2.